The number of carbonyl (C=O) groups is 1. The Kier molecular flexibility index (Phi) is 5.20. The minimum atomic E-state index is 0.0834. The fourth-order valence-corrected chi connectivity index (χ4v) is 2.94. The van der Waals surface area contributed by atoms with Gasteiger partial charge in [-0.1, -0.05) is 12.1 Å². The molecule has 0 N–H and O–H groups in total. The van der Waals surface area contributed by atoms with Crippen molar-refractivity contribution < 1.29 is 4.79 Å². The molecule has 5 nitrogen and oxygen atoms in total. The Morgan fingerprint density at radius 2 is 2.04 bits per heavy atom. The molecule has 0 unspecified atom stereocenters. The first kappa shape index (κ1) is 16.6. The fraction of sp³-hybridized carbons (Fsp3) is 0.421. The number of hydrogen-bond donors (Lipinski definition) is 0. The molecule has 2 aromatic rings. The van der Waals surface area contributed by atoms with Gasteiger partial charge in [0.05, 0.1) is 12.2 Å². The number of rotatable bonds is 7. The van der Waals surface area contributed by atoms with Gasteiger partial charge in [-0.15, -0.1) is 0 Å². The van der Waals surface area contributed by atoms with Crippen molar-refractivity contribution in [3.8, 4) is 0 Å². The lowest BCUT2D eigenvalue weighted by molar-refractivity contribution is -0.133. The molecule has 2 atom stereocenters. The van der Waals surface area contributed by atoms with Crippen LogP contribution in [0.4, 0.5) is 0 Å². The molecule has 1 saturated carbocycles. The molecule has 0 saturated heterocycles. The zero-order chi connectivity index (χ0) is 16.9. The van der Waals surface area contributed by atoms with Crippen LogP contribution in [-0.4, -0.2) is 52.9 Å². The summed E-state index contributed by atoms with van der Waals surface area (Å²) >= 11 is 0. The zero-order valence-corrected chi connectivity index (χ0v) is 14.3. The summed E-state index contributed by atoms with van der Waals surface area (Å²) in [4.78, 5) is 25.6. The highest BCUT2D eigenvalue weighted by Gasteiger charge is 2.45. The van der Waals surface area contributed by atoms with Crippen LogP contribution in [0.15, 0.2) is 48.9 Å². The molecule has 24 heavy (non-hydrogen) atoms. The molecule has 2 aromatic heterocycles. The molecule has 2 heterocycles. The summed E-state index contributed by atoms with van der Waals surface area (Å²) in [6.45, 7) is 2.14. The minimum Gasteiger partial charge on any atom is -0.335 e. The lowest BCUT2D eigenvalue weighted by Gasteiger charge is -2.24. The second-order valence-electron chi connectivity index (χ2n) is 6.62. The lowest BCUT2D eigenvalue weighted by atomic mass is 10.1. The summed E-state index contributed by atoms with van der Waals surface area (Å²) in [5.41, 5.74) is 2.10. The average Bonchev–Trinajstić information content (AvgIpc) is 3.40. The summed E-state index contributed by atoms with van der Waals surface area (Å²) in [6.07, 6.45) is 6.35. The van der Waals surface area contributed by atoms with Gasteiger partial charge < -0.3 is 9.80 Å². The Morgan fingerprint density at radius 3 is 2.71 bits per heavy atom. The molecular weight excluding hydrogens is 300 g/mol. The molecule has 0 radical (unpaired) electrons. The van der Waals surface area contributed by atoms with E-state index in [0.717, 1.165) is 25.2 Å². The predicted molar refractivity (Wildman–Crippen MR) is 93.3 cm³/mol. The van der Waals surface area contributed by atoms with Crippen LogP contribution >= 0.6 is 0 Å². The van der Waals surface area contributed by atoms with Gasteiger partial charge in [-0.25, -0.2) is 0 Å². The highest BCUT2D eigenvalue weighted by molar-refractivity contribution is 5.83. The van der Waals surface area contributed by atoms with Crippen LogP contribution in [0, 0.1) is 5.92 Å². The first-order valence-electron chi connectivity index (χ1n) is 8.38. The van der Waals surface area contributed by atoms with Crippen LogP contribution in [0.3, 0.4) is 0 Å². The van der Waals surface area contributed by atoms with Crippen molar-refractivity contribution in [2.24, 2.45) is 5.92 Å². The van der Waals surface area contributed by atoms with Crippen LogP contribution in [0.25, 0.3) is 0 Å². The van der Waals surface area contributed by atoms with Crippen molar-refractivity contribution in [3.05, 3.63) is 60.2 Å². The first-order valence-corrected chi connectivity index (χ1v) is 8.38. The van der Waals surface area contributed by atoms with Gasteiger partial charge in [0.15, 0.2) is 0 Å². The summed E-state index contributed by atoms with van der Waals surface area (Å²) in [7, 11) is 4.05. The molecule has 5 heteroatoms. The zero-order valence-electron chi connectivity index (χ0n) is 14.3. The Balaban J connectivity index is 1.67. The van der Waals surface area contributed by atoms with E-state index >= 15 is 0 Å². The van der Waals surface area contributed by atoms with E-state index in [1.807, 2.05) is 49.5 Å². The number of pyridine rings is 2. The number of hydrogen-bond acceptors (Lipinski definition) is 4. The first-order chi connectivity index (χ1) is 11.6. The van der Waals surface area contributed by atoms with Crippen molar-refractivity contribution in [2.45, 2.75) is 18.9 Å². The number of carbonyl (C=O) groups excluding carboxylic acids is 1. The van der Waals surface area contributed by atoms with Crippen LogP contribution in [0.1, 0.15) is 23.6 Å². The summed E-state index contributed by atoms with van der Waals surface area (Å²) in [5.74, 6) is 0.633. The van der Waals surface area contributed by atoms with E-state index in [4.69, 9.17) is 0 Å². The smallest absolute Gasteiger partial charge is 0.226 e. The van der Waals surface area contributed by atoms with Gasteiger partial charge in [-0.2, -0.15) is 0 Å². The Morgan fingerprint density at radius 1 is 1.17 bits per heavy atom. The monoisotopic (exact) mass is 324 g/mol. The quantitative estimate of drug-likeness (QED) is 0.783. The van der Waals surface area contributed by atoms with Crippen LogP contribution < -0.4 is 0 Å². The Labute approximate surface area is 143 Å². The molecule has 1 aliphatic carbocycles. The average molecular weight is 324 g/mol. The van der Waals surface area contributed by atoms with Gasteiger partial charge in [0.1, 0.15) is 0 Å². The largest absolute Gasteiger partial charge is 0.335 e. The van der Waals surface area contributed by atoms with Gasteiger partial charge in [0.2, 0.25) is 5.91 Å². The summed E-state index contributed by atoms with van der Waals surface area (Å²) < 4.78 is 0. The molecule has 1 amide bonds. The van der Waals surface area contributed by atoms with Crippen LogP contribution in [0.2, 0.25) is 0 Å². The van der Waals surface area contributed by atoms with Gasteiger partial charge in [0, 0.05) is 37.6 Å². The highest BCUT2D eigenvalue weighted by Crippen LogP contribution is 2.48. The van der Waals surface area contributed by atoms with Crippen LogP contribution in [-0.2, 0) is 11.3 Å². The minimum absolute atomic E-state index is 0.0834. The van der Waals surface area contributed by atoms with E-state index < -0.39 is 0 Å². The SMILES string of the molecule is CN(C)CCN(Cc1ccccn1)C(=O)[C@H]1C[C@@H]1c1cccnc1. The normalized spacial score (nSPS) is 19.3. The molecule has 0 aliphatic heterocycles. The van der Waals surface area contributed by atoms with Crippen molar-refractivity contribution >= 4 is 5.91 Å². The van der Waals surface area contributed by atoms with E-state index in [9.17, 15) is 4.79 Å². The Hall–Kier alpha value is -2.27. The maximum absolute atomic E-state index is 13.0. The summed E-state index contributed by atoms with van der Waals surface area (Å²) in [5, 5.41) is 0. The second-order valence-corrected chi connectivity index (χ2v) is 6.62. The number of likely N-dealkylation sites (N-methyl/N-ethyl adjacent to an activating group) is 1. The van der Waals surface area contributed by atoms with Crippen molar-refractivity contribution in [2.75, 3.05) is 27.2 Å². The molecule has 1 fully saturated rings. The molecule has 0 aromatic carbocycles. The molecule has 0 bridgehead atoms. The standard InChI is InChI=1S/C19H24N4O/c1-22(2)10-11-23(14-16-7-3-4-9-21-16)19(24)18-12-17(18)15-6-5-8-20-13-15/h3-9,13,17-18H,10-12,14H2,1-2H3/t17-,18+/m1/s1. The molecule has 0 spiro atoms. The van der Waals surface area contributed by atoms with Crippen LogP contribution in [0.5, 0.6) is 0 Å². The van der Waals surface area contributed by atoms with E-state index in [1.165, 1.54) is 5.56 Å². The van der Waals surface area contributed by atoms with Gasteiger partial charge in [0.25, 0.3) is 0 Å². The second kappa shape index (κ2) is 7.53. The third kappa shape index (κ3) is 4.17. The van der Waals surface area contributed by atoms with Gasteiger partial charge in [-0.05, 0) is 50.2 Å². The number of amides is 1. The Bertz CT molecular complexity index is 660. The highest BCUT2D eigenvalue weighted by atomic mass is 16.2. The molecule has 1 aliphatic rings. The maximum Gasteiger partial charge on any atom is 0.226 e. The molecule has 126 valence electrons. The van der Waals surface area contributed by atoms with Gasteiger partial charge in [-0.3, -0.25) is 14.8 Å². The fourth-order valence-electron chi connectivity index (χ4n) is 2.94. The maximum atomic E-state index is 13.0. The van der Waals surface area contributed by atoms with E-state index in [-0.39, 0.29) is 11.8 Å². The topological polar surface area (TPSA) is 49.3 Å². The number of nitrogens with zero attached hydrogens (tertiary/aromatic N) is 4. The molecule has 3 rings (SSSR count). The predicted octanol–water partition coefficient (Wildman–Crippen LogP) is 2.17. The van der Waals surface area contributed by atoms with E-state index in [1.54, 1.807) is 12.4 Å². The summed E-state index contributed by atoms with van der Waals surface area (Å²) in [6, 6.07) is 9.84. The van der Waals surface area contributed by atoms with E-state index in [0.29, 0.717) is 12.5 Å². The van der Waals surface area contributed by atoms with Crippen molar-refractivity contribution in [1.82, 2.24) is 19.8 Å². The third-order valence-electron chi connectivity index (χ3n) is 4.43. The number of aromatic nitrogens is 2. The third-order valence-corrected chi connectivity index (χ3v) is 4.43. The molecular formula is C19H24N4O. The van der Waals surface area contributed by atoms with E-state index in [2.05, 4.69) is 20.9 Å². The lowest BCUT2D eigenvalue weighted by Crippen LogP contribution is -2.37. The van der Waals surface area contributed by atoms with Crippen molar-refractivity contribution in [3.63, 3.8) is 0 Å². The van der Waals surface area contributed by atoms with Crippen molar-refractivity contribution in [1.29, 1.82) is 0 Å². The van der Waals surface area contributed by atoms with Gasteiger partial charge >= 0.3 is 0 Å².